The summed E-state index contributed by atoms with van der Waals surface area (Å²) in [6, 6.07) is 4.39. The van der Waals surface area contributed by atoms with Crippen LogP contribution in [0.15, 0.2) is 35.9 Å². The molecule has 2 aromatic rings. The molecule has 0 heterocycles. The Labute approximate surface area is 138 Å². The van der Waals surface area contributed by atoms with E-state index < -0.39 is 28.8 Å². The average molecular weight is 330 g/mol. The number of carbonyl (C=O) groups is 1. The van der Waals surface area contributed by atoms with Crippen LogP contribution < -0.4 is 0 Å². The highest BCUT2D eigenvalue weighted by Gasteiger charge is 2.24. The Balaban J connectivity index is 2.56. The van der Waals surface area contributed by atoms with Gasteiger partial charge in [-0.2, -0.15) is 0 Å². The van der Waals surface area contributed by atoms with E-state index in [1.54, 1.807) is 6.08 Å². The number of benzene rings is 2. The summed E-state index contributed by atoms with van der Waals surface area (Å²) < 4.78 is 0. The molecule has 2 aromatic carbocycles. The number of phenols is 5. The summed E-state index contributed by atoms with van der Waals surface area (Å²) in [7, 11) is 0. The second-order valence-corrected chi connectivity index (χ2v) is 5.64. The minimum Gasteiger partial charge on any atom is -0.507 e. The average Bonchev–Trinajstić information content (AvgIpc) is 2.48. The summed E-state index contributed by atoms with van der Waals surface area (Å²) in [5, 5.41) is 49.0. The highest BCUT2D eigenvalue weighted by Crippen LogP contribution is 2.39. The molecular weight excluding hydrogens is 312 g/mol. The van der Waals surface area contributed by atoms with Gasteiger partial charge in [0.1, 0.15) is 22.8 Å². The molecule has 0 aliphatic heterocycles. The predicted octanol–water partition coefficient (Wildman–Crippen LogP) is 2.95. The van der Waals surface area contributed by atoms with E-state index in [2.05, 4.69) is 0 Å². The first-order chi connectivity index (χ1) is 11.2. The fourth-order valence-corrected chi connectivity index (χ4v) is 2.22. The van der Waals surface area contributed by atoms with E-state index in [9.17, 15) is 30.3 Å². The molecule has 5 N–H and O–H groups in total. The molecule has 0 saturated heterocycles. The van der Waals surface area contributed by atoms with Crippen LogP contribution in [0.3, 0.4) is 0 Å². The lowest BCUT2D eigenvalue weighted by Gasteiger charge is -2.12. The zero-order chi connectivity index (χ0) is 18.0. The standard InChI is InChI=1S/C18H18O6/c1-9(2)3-5-11-13(20)8-15(22)16(18(11)24)17(23)10-4-6-12(19)14(21)7-10/h3-4,6-8,19-22,24H,5H2,1-2H3. The zero-order valence-corrected chi connectivity index (χ0v) is 13.2. The van der Waals surface area contributed by atoms with Crippen molar-refractivity contribution in [3.05, 3.63) is 52.6 Å². The van der Waals surface area contributed by atoms with Crippen molar-refractivity contribution in [3.8, 4) is 28.7 Å². The van der Waals surface area contributed by atoms with E-state index in [0.29, 0.717) is 0 Å². The van der Waals surface area contributed by atoms with Gasteiger partial charge in [0.25, 0.3) is 0 Å². The van der Waals surface area contributed by atoms with Gasteiger partial charge in [-0.05, 0) is 38.5 Å². The summed E-state index contributed by atoms with van der Waals surface area (Å²) in [4.78, 5) is 12.5. The van der Waals surface area contributed by atoms with Gasteiger partial charge in [-0.1, -0.05) is 11.6 Å². The number of carbonyl (C=O) groups excluding carboxylic acids is 1. The fourth-order valence-electron chi connectivity index (χ4n) is 2.22. The van der Waals surface area contributed by atoms with Crippen LogP contribution in [-0.2, 0) is 6.42 Å². The molecule has 0 bridgehead atoms. The van der Waals surface area contributed by atoms with Crippen molar-refractivity contribution < 1.29 is 30.3 Å². The van der Waals surface area contributed by atoms with Crippen LogP contribution in [0, 0.1) is 0 Å². The molecule has 0 spiro atoms. The first kappa shape index (κ1) is 17.2. The Bertz CT molecular complexity index is 832. The molecule has 6 heteroatoms. The maximum Gasteiger partial charge on any atom is 0.200 e. The van der Waals surface area contributed by atoms with Crippen LogP contribution in [-0.4, -0.2) is 31.3 Å². The molecule has 0 amide bonds. The van der Waals surface area contributed by atoms with Crippen LogP contribution in [0.1, 0.15) is 35.3 Å². The van der Waals surface area contributed by atoms with Crippen LogP contribution in [0.5, 0.6) is 28.7 Å². The zero-order valence-electron chi connectivity index (χ0n) is 13.2. The number of ketones is 1. The van der Waals surface area contributed by atoms with Gasteiger partial charge < -0.3 is 25.5 Å². The number of hydrogen-bond acceptors (Lipinski definition) is 6. The third-order valence-electron chi connectivity index (χ3n) is 3.54. The van der Waals surface area contributed by atoms with Gasteiger partial charge in [-0.25, -0.2) is 0 Å². The summed E-state index contributed by atoms with van der Waals surface area (Å²) >= 11 is 0. The maximum absolute atomic E-state index is 12.5. The molecule has 126 valence electrons. The lowest BCUT2D eigenvalue weighted by atomic mass is 9.96. The molecule has 0 unspecified atom stereocenters. The van der Waals surface area contributed by atoms with E-state index in [1.165, 1.54) is 6.07 Å². The number of aromatic hydroxyl groups is 5. The molecule has 0 radical (unpaired) electrons. The molecule has 0 aromatic heterocycles. The summed E-state index contributed by atoms with van der Waals surface area (Å²) in [5.41, 5.74) is 0.656. The Kier molecular flexibility index (Phi) is 4.69. The fraction of sp³-hybridized carbons (Fsp3) is 0.167. The SMILES string of the molecule is CC(C)=CCc1c(O)cc(O)c(C(=O)c2ccc(O)c(O)c2)c1O. The van der Waals surface area contributed by atoms with Gasteiger partial charge >= 0.3 is 0 Å². The van der Waals surface area contributed by atoms with Crippen molar-refractivity contribution in [1.29, 1.82) is 0 Å². The maximum atomic E-state index is 12.5. The van der Waals surface area contributed by atoms with Gasteiger partial charge in [0.05, 0.1) is 0 Å². The van der Waals surface area contributed by atoms with E-state index >= 15 is 0 Å². The van der Waals surface area contributed by atoms with E-state index in [4.69, 9.17) is 0 Å². The third-order valence-corrected chi connectivity index (χ3v) is 3.54. The molecule has 2 rings (SSSR count). The minimum atomic E-state index is -0.751. The lowest BCUT2D eigenvalue weighted by molar-refractivity contribution is 0.103. The van der Waals surface area contributed by atoms with Crippen LogP contribution >= 0.6 is 0 Å². The van der Waals surface area contributed by atoms with E-state index in [1.807, 2.05) is 13.8 Å². The monoisotopic (exact) mass is 330 g/mol. The van der Waals surface area contributed by atoms with Gasteiger partial charge in [-0.3, -0.25) is 4.79 Å². The summed E-state index contributed by atoms with van der Waals surface area (Å²) in [5.74, 6) is -3.07. The topological polar surface area (TPSA) is 118 Å². The summed E-state index contributed by atoms with van der Waals surface area (Å²) in [6.45, 7) is 3.69. The van der Waals surface area contributed by atoms with Crippen molar-refractivity contribution in [2.24, 2.45) is 0 Å². The Morgan fingerprint density at radius 2 is 1.58 bits per heavy atom. The number of hydrogen-bond donors (Lipinski definition) is 5. The number of allylic oxidation sites excluding steroid dienone is 2. The van der Waals surface area contributed by atoms with Gasteiger partial charge in [-0.15, -0.1) is 0 Å². The Morgan fingerprint density at radius 1 is 0.917 bits per heavy atom. The van der Waals surface area contributed by atoms with Gasteiger partial charge in [0.2, 0.25) is 5.78 Å². The van der Waals surface area contributed by atoms with E-state index in [-0.39, 0.29) is 28.9 Å². The predicted molar refractivity (Wildman–Crippen MR) is 87.8 cm³/mol. The smallest absolute Gasteiger partial charge is 0.200 e. The molecule has 24 heavy (non-hydrogen) atoms. The third kappa shape index (κ3) is 3.27. The molecule has 0 fully saturated rings. The van der Waals surface area contributed by atoms with Gasteiger partial charge in [0, 0.05) is 17.2 Å². The lowest BCUT2D eigenvalue weighted by Crippen LogP contribution is -2.04. The van der Waals surface area contributed by atoms with Crippen LogP contribution in [0.2, 0.25) is 0 Å². The van der Waals surface area contributed by atoms with Crippen LogP contribution in [0.4, 0.5) is 0 Å². The largest absolute Gasteiger partial charge is 0.507 e. The van der Waals surface area contributed by atoms with Crippen LogP contribution in [0.25, 0.3) is 0 Å². The normalized spacial score (nSPS) is 10.4. The molecule has 0 saturated carbocycles. The Hall–Kier alpha value is -3.15. The molecule has 0 atom stereocenters. The molecule has 0 aliphatic carbocycles. The highest BCUT2D eigenvalue weighted by molar-refractivity contribution is 6.13. The van der Waals surface area contributed by atoms with Gasteiger partial charge in [0.15, 0.2) is 11.5 Å². The van der Waals surface area contributed by atoms with Crippen molar-refractivity contribution in [3.63, 3.8) is 0 Å². The molecular formula is C18H18O6. The minimum absolute atomic E-state index is 0.0326. The van der Waals surface area contributed by atoms with Crippen molar-refractivity contribution >= 4 is 5.78 Å². The molecule has 0 aliphatic rings. The first-order valence-electron chi connectivity index (χ1n) is 7.19. The van der Waals surface area contributed by atoms with Crippen molar-refractivity contribution in [2.75, 3.05) is 0 Å². The second-order valence-electron chi connectivity index (χ2n) is 5.64. The molecule has 6 nitrogen and oxygen atoms in total. The summed E-state index contributed by atoms with van der Waals surface area (Å²) in [6.07, 6.45) is 1.94. The Morgan fingerprint density at radius 3 is 2.17 bits per heavy atom. The number of phenolic OH excluding ortho intramolecular Hbond substituents is 5. The van der Waals surface area contributed by atoms with Crippen molar-refractivity contribution in [2.45, 2.75) is 20.3 Å². The number of rotatable bonds is 4. The quantitative estimate of drug-likeness (QED) is 0.334. The van der Waals surface area contributed by atoms with E-state index in [0.717, 1.165) is 23.8 Å². The second kappa shape index (κ2) is 6.54. The highest BCUT2D eigenvalue weighted by atomic mass is 16.3. The first-order valence-corrected chi connectivity index (χ1v) is 7.19. The van der Waals surface area contributed by atoms with Crippen molar-refractivity contribution in [1.82, 2.24) is 0 Å².